The third-order valence-corrected chi connectivity index (χ3v) is 2.94. The third kappa shape index (κ3) is 4.80. The van der Waals surface area contributed by atoms with Crippen LogP contribution in [0, 0.1) is 5.41 Å². The highest BCUT2D eigenvalue weighted by Gasteiger charge is 2.21. The highest BCUT2D eigenvalue weighted by molar-refractivity contribution is 5.16. The largest absolute Gasteiger partial charge is 0.315 e. The van der Waals surface area contributed by atoms with E-state index < -0.39 is 0 Å². The normalized spacial score (nSPS) is 13.8. The van der Waals surface area contributed by atoms with Crippen LogP contribution in [0.4, 0.5) is 0 Å². The SMILES string of the molecule is CCNC(C)CC(C)(C)Cc1ccccc1. The van der Waals surface area contributed by atoms with Crippen LogP contribution in [0.2, 0.25) is 0 Å². The minimum atomic E-state index is 0.364. The molecule has 0 aromatic heterocycles. The molecule has 1 heteroatoms. The van der Waals surface area contributed by atoms with E-state index >= 15 is 0 Å². The van der Waals surface area contributed by atoms with Crippen LogP contribution in [-0.2, 0) is 6.42 Å². The number of hydrogen-bond acceptors (Lipinski definition) is 1. The lowest BCUT2D eigenvalue weighted by Crippen LogP contribution is -2.32. The Kier molecular flexibility index (Phi) is 5.01. The van der Waals surface area contributed by atoms with Gasteiger partial charge in [0.1, 0.15) is 0 Å². The van der Waals surface area contributed by atoms with E-state index in [1.54, 1.807) is 0 Å². The van der Waals surface area contributed by atoms with E-state index in [-0.39, 0.29) is 0 Å². The van der Waals surface area contributed by atoms with Gasteiger partial charge in [0.05, 0.1) is 0 Å². The van der Waals surface area contributed by atoms with Crippen molar-refractivity contribution in [1.82, 2.24) is 5.32 Å². The second-order valence-corrected chi connectivity index (χ2v) is 5.49. The molecule has 1 rings (SSSR count). The maximum Gasteiger partial charge on any atom is 0.00438 e. The topological polar surface area (TPSA) is 12.0 Å². The predicted molar refractivity (Wildman–Crippen MR) is 71.7 cm³/mol. The molecule has 0 spiro atoms. The van der Waals surface area contributed by atoms with Crippen LogP contribution in [-0.4, -0.2) is 12.6 Å². The minimum Gasteiger partial charge on any atom is -0.315 e. The molecular weight excluding hydrogens is 194 g/mol. The molecule has 0 bridgehead atoms. The number of hydrogen-bond donors (Lipinski definition) is 1. The van der Waals surface area contributed by atoms with Gasteiger partial charge in [0, 0.05) is 6.04 Å². The Hall–Kier alpha value is -0.820. The van der Waals surface area contributed by atoms with E-state index in [4.69, 9.17) is 0 Å². The lowest BCUT2D eigenvalue weighted by atomic mass is 9.80. The first-order valence-electron chi connectivity index (χ1n) is 6.31. The van der Waals surface area contributed by atoms with Gasteiger partial charge in [-0.1, -0.05) is 51.1 Å². The molecule has 16 heavy (non-hydrogen) atoms. The van der Waals surface area contributed by atoms with Crippen molar-refractivity contribution in [3.63, 3.8) is 0 Å². The molecule has 0 heterocycles. The molecular formula is C15H25N. The maximum atomic E-state index is 3.49. The van der Waals surface area contributed by atoms with Gasteiger partial charge in [0.15, 0.2) is 0 Å². The van der Waals surface area contributed by atoms with Crippen LogP contribution in [0.25, 0.3) is 0 Å². The van der Waals surface area contributed by atoms with Crippen LogP contribution >= 0.6 is 0 Å². The first-order chi connectivity index (χ1) is 7.53. The van der Waals surface area contributed by atoms with Crippen molar-refractivity contribution in [3.05, 3.63) is 35.9 Å². The Bertz CT molecular complexity index is 290. The van der Waals surface area contributed by atoms with E-state index in [2.05, 4.69) is 63.3 Å². The van der Waals surface area contributed by atoms with Crippen molar-refractivity contribution in [3.8, 4) is 0 Å². The molecule has 90 valence electrons. The lowest BCUT2D eigenvalue weighted by molar-refractivity contribution is 0.289. The quantitative estimate of drug-likeness (QED) is 0.770. The molecule has 1 aromatic carbocycles. The van der Waals surface area contributed by atoms with Crippen molar-refractivity contribution >= 4 is 0 Å². The molecule has 1 unspecified atom stereocenters. The highest BCUT2D eigenvalue weighted by Crippen LogP contribution is 2.27. The summed E-state index contributed by atoms with van der Waals surface area (Å²) in [6, 6.07) is 11.4. The smallest absolute Gasteiger partial charge is 0.00438 e. The summed E-state index contributed by atoms with van der Waals surface area (Å²) >= 11 is 0. The average Bonchev–Trinajstić information content (AvgIpc) is 2.17. The molecule has 1 nitrogen and oxygen atoms in total. The van der Waals surface area contributed by atoms with Crippen LogP contribution in [0.1, 0.15) is 39.7 Å². The van der Waals surface area contributed by atoms with Gasteiger partial charge in [-0.25, -0.2) is 0 Å². The first kappa shape index (κ1) is 13.2. The van der Waals surface area contributed by atoms with E-state index in [9.17, 15) is 0 Å². The van der Waals surface area contributed by atoms with Crippen molar-refractivity contribution in [2.75, 3.05) is 6.54 Å². The van der Waals surface area contributed by atoms with Crippen LogP contribution < -0.4 is 5.32 Å². The molecule has 0 radical (unpaired) electrons. The van der Waals surface area contributed by atoms with Gasteiger partial charge in [-0.2, -0.15) is 0 Å². The van der Waals surface area contributed by atoms with Gasteiger partial charge >= 0.3 is 0 Å². The summed E-state index contributed by atoms with van der Waals surface area (Å²) in [5, 5.41) is 3.49. The predicted octanol–water partition coefficient (Wildman–Crippen LogP) is 3.64. The summed E-state index contributed by atoms with van der Waals surface area (Å²) in [6.07, 6.45) is 2.37. The molecule has 0 saturated heterocycles. The van der Waals surface area contributed by atoms with Gasteiger partial charge in [-0.3, -0.25) is 0 Å². The van der Waals surface area contributed by atoms with Crippen LogP contribution in [0.3, 0.4) is 0 Å². The molecule has 0 aliphatic rings. The first-order valence-corrected chi connectivity index (χ1v) is 6.31. The molecule has 0 saturated carbocycles. The van der Waals surface area contributed by atoms with E-state index in [0.717, 1.165) is 13.0 Å². The minimum absolute atomic E-state index is 0.364. The van der Waals surface area contributed by atoms with Gasteiger partial charge in [-0.15, -0.1) is 0 Å². The Morgan fingerprint density at radius 3 is 2.38 bits per heavy atom. The molecule has 1 aromatic rings. The second kappa shape index (κ2) is 6.05. The zero-order chi connectivity index (χ0) is 12.0. The molecule has 0 aliphatic carbocycles. The Morgan fingerprint density at radius 1 is 1.19 bits per heavy atom. The summed E-state index contributed by atoms with van der Waals surface area (Å²) in [5.74, 6) is 0. The van der Waals surface area contributed by atoms with Gasteiger partial charge in [0.25, 0.3) is 0 Å². The Labute approximate surface area is 100 Å². The van der Waals surface area contributed by atoms with Gasteiger partial charge in [-0.05, 0) is 37.3 Å². The number of rotatable bonds is 6. The fraction of sp³-hybridized carbons (Fsp3) is 0.600. The summed E-state index contributed by atoms with van der Waals surface area (Å²) in [4.78, 5) is 0. The zero-order valence-corrected chi connectivity index (χ0v) is 11.1. The monoisotopic (exact) mass is 219 g/mol. The summed E-state index contributed by atoms with van der Waals surface area (Å²) in [7, 11) is 0. The second-order valence-electron chi connectivity index (χ2n) is 5.49. The Balaban J connectivity index is 2.51. The third-order valence-electron chi connectivity index (χ3n) is 2.94. The summed E-state index contributed by atoms with van der Waals surface area (Å²) in [6.45, 7) is 10.2. The van der Waals surface area contributed by atoms with Crippen LogP contribution in [0.15, 0.2) is 30.3 Å². The summed E-state index contributed by atoms with van der Waals surface area (Å²) in [5.41, 5.74) is 1.80. The van der Waals surface area contributed by atoms with Crippen molar-refractivity contribution in [2.24, 2.45) is 5.41 Å². The average molecular weight is 219 g/mol. The van der Waals surface area contributed by atoms with Crippen molar-refractivity contribution in [2.45, 2.75) is 46.6 Å². The van der Waals surface area contributed by atoms with Crippen molar-refractivity contribution in [1.29, 1.82) is 0 Å². The van der Waals surface area contributed by atoms with Gasteiger partial charge in [0.2, 0.25) is 0 Å². The molecule has 1 N–H and O–H groups in total. The lowest BCUT2D eigenvalue weighted by Gasteiger charge is -2.28. The number of nitrogens with one attached hydrogen (secondary N) is 1. The van der Waals surface area contributed by atoms with E-state index in [1.165, 1.54) is 12.0 Å². The molecule has 0 fully saturated rings. The summed E-state index contributed by atoms with van der Waals surface area (Å²) < 4.78 is 0. The zero-order valence-electron chi connectivity index (χ0n) is 11.1. The van der Waals surface area contributed by atoms with Crippen molar-refractivity contribution < 1.29 is 0 Å². The number of benzene rings is 1. The molecule has 0 amide bonds. The molecule has 0 aliphatic heterocycles. The molecule has 1 atom stereocenters. The highest BCUT2D eigenvalue weighted by atomic mass is 14.9. The van der Waals surface area contributed by atoms with E-state index in [0.29, 0.717) is 11.5 Å². The van der Waals surface area contributed by atoms with Gasteiger partial charge < -0.3 is 5.32 Å². The van der Waals surface area contributed by atoms with Crippen LogP contribution in [0.5, 0.6) is 0 Å². The fourth-order valence-electron chi connectivity index (χ4n) is 2.47. The fourth-order valence-corrected chi connectivity index (χ4v) is 2.47. The standard InChI is InChI=1S/C15H25N/c1-5-16-13(2)11-15(3,4)12-14-9-7-6-8-10-14/h6-10,13,16H,5,11-12H2,1-4H3. The maximum absolute atomic E-state index is 3.49. The Morgan fingerprint density at radius 2 is 1.81 bits per heavy atom. The van der Waals surface area contributed by atoms with E-state index in [1.807, 2.05) is 0 Å².